The normalized spacial score (nSPS) is 11.4. The van der Waals surface area contributed by atoms with Gasteiger partial charge in [-0.3, -0.25) is 4.79 Å². The van der Waals surface area contributed by atoms with Gasteiger partial charge in [0.25, 0.3) is 0 Å². The van der Waals surface area contributed by atoms with Crippen LogP contribution in [0.1, 0.15) is 38.6 Å². The molecule has 0 aliphatic rings. The van der Waals surface area contributed by atoms with E-state index in [1.807, 2.05) is 78.5 Å². The molecule has 3 aromatic rings. The van der Waals surface area contributed by atoms with E-state index in [2.05, 4.69) is 30.9 Å². The van der Waals surface area contributed by atoms with Crippen molar-refractivity contribution in [2.24, 2.45) is 5.41 Å². The van der Waals surface area contributed by atoms with Crippen molar-refractivity contribution in [3.8, 4) is 11.4 Å². The molecule has 3 rings (SSSR count). The van der Waals surface area contributed by atoms with Crippen LogP contribution >= 0.6 is 0 Å². The summed E-state index contributed by atoms with van der Waals surface area (Å²) in [5.41, 5.74) is 3.06. The lowest BCUT2D eigenvalue weighted by atomic mass is 9.91. The molecule has 2 aromatic carbocycles. The van der Waals surface area contributed by atoms with Crippen LogP contribution in [-0.4, -0.2) is 41.6 Å². The van der Waals surface area contributed by atoms with Gasteiger partial charge in [-0.15, -0.1) is 0 Å². The predicted octanol–water partition coefficient (Wildman–Crippen LogP) is 4.81. The molecule has 0 fully saturated rings. The number of anilines is 1. The molecule has 0 atom stereocenters. The van der Waals surface area contributed by atoms with Crippen LogP contribution in [0.3, 0.4) is 0 Å². The molecule has 0 radical (unpaired) electrons. The van der Waals surface area contributed by atoms with E-state index in [4.69, 9.17) is 4.52 Å². The van der Waals surface area contributed by atoms with Crippen LogP contribution in [0.15, 0.2) is 59.1 Å². The second-order valence-corrected chi connectivity index (χ2v) is 9.24. The highest BCUT2D eigenvalue weighted by molar-refractivity contribution is 5.76. The van der Waals surface area contributed by atoms with Crippen LogP contribution in [0.5, 0.6) is 0 Å². The first-order chi connectivity index (χ1) is 14.7. The number of carbonyl (C=O) groups excluding carboxylic acids is 1. The first-order valence-corrected chi connectivity index (χ1v) is 10.6. The Labute approximate surface area is 184 Å². The third kappa shape index (κ3) is 6.67. The molecule has 1 heterocycles. The number of amides is 1. The Morgan fingerprint density at radius 1 is 1.00 bits per heavy atom. The van der Waals surface area contributed by atoms with Crippen molar-refractivity contribution in [1.29, 1.82) is 0 Å². The van der Waals surface area contributed by atoms with E-state index in [1.165, 1.54) is 0 Å². The number of aromatic nitrogens is 2. The van der Waals surface area contributed by atoms with E-state index >= 15 is 0 Å². The number of benzene rings is 2. The van der Waals surface area contributed by atoms with Crippen LogP contribution < -0.4 is 4.90 Å². The maximum atomic E-state index is 13.0. The van der Waals surface area contributed by atoms with Gasteiger partial charge in [0.1, 0.15) is 0 Å². The quantitative estimate of drug-likeness (QED) is 0.523. The van der Waals surface area contributed by atoms with Crippen molar-refractivity contribution < 1.29 is 9.32 Å². The van der Waals surface area contributed by atoms with Gasteiger partial charge in [-0.25, -0.2) is 0 Å². The molecule has 0 saturated carbocycles. The number of hydrogen-bond acceptors (Lipinski definition) is 5. The van der Waals surface area contributed by atoms with Crippen molar-refractivity contribution in [2.75, 3.05) is 25.5 Å². The average molecular weight is 421 g/mol. The van der Waals surface area contributed by atoms with Crippen LogP contribution in [0.2, 0.25) is 0 Å². The molecule has 0 spiro atoms. The molecule has 1 amide bonds. The molecule has 0 bridgehead atoms. The van der Waals surface area contributed by atoms with Crippen molar-refractivity contribution in [1.82, 2.24) is 15.0 Å². The standard InChI is InChI=1S/C25H32N4O2/c1-25(2,3)17-23(30)29(18-19-9-7-6-8-10-19)16-15-22-26-24(27-31-22)20-11-13-21(14-12-20)28(4)5/h6-14H,15-18H2,1-5H3. The molecule has 0 aliphatic heterocycles. The maximum absolute atomic E-state index is 13.0. The largest absolute Gasteiger partial charge is 0.378 e. The molecule has 0 N–H and O–H groups in total. The highest BCUT2D eigenvalue weighted by Gasteiger charge is 2.22. The Kier molecular flexibility index (Phi) is 7.10. The third-order valence-electron chi connectivity index (χ3n) is 4.96. The third-order valence-corrected chi connectivity index (χ3v) is 4.96. The van der Waals surface area contributed by atoms with Crippen LogP contribution in [0.4, 0.5) is 5.69 Å². The van der Waals surface area contributed by atoms with E-state index in [0.717, 1.165) is 16.8 Å². The van der Waals surface area contributed by atoms with Gasteiger partial charge in [-0.05, 0) is 35.2 Å². The van der Waals surface area contributed by atoms with Crippen molar-refractivity contribution in [3.63, 3.8) is 0 Å². The van der Waals surface area contributed by atoms with Crippen molar-refractivity contribution in [3.05, 3.63) is 66.1 Å². The van der Waals surface area contributed by atoms with Crippen LogP contribution in [0.25, 0.3) is 11.4 Å². The number of rotatable bonds is 8. The van der Waals surface area contributed by atoms with Gasteiger partial charge in [0.2, 0.25) is 17.6 Å². The Hall–Kier alpha value is -3.15. The van der Waals surface area contributed by atoms with Gasteiger partial charge in [0.15, 0.2) is 0 Å². The minimum Gasteiger partial charge on any atom is -0.378 e. The molecule has 6 nitrogen and oxygen atoms in total. The Morgan fingerprint density at radius 3 is 2.29 bits per heavy atom. The lowest BCUT2D eigenvalue weighted by Gasteiger charge is -2.26. The molecular weight excluding hydrogens is 388 g/mol. The lowest BCUT2D eigenvalue weighted by Crippen LogP contribution is -2.34. The summed E-state index contributed by atoms with van der Waals surface area (Å²) < 4.78 is 5.47. The minimum atomic E-state index is -0.0671. The second-order valence-electron chi connectivity index (χ2n) is 9.24. The summed E-state index contributed by atoms with van der Waals surface area (Å²) in [6, 6.07) is 18.1. The summed E-state index contributed by atoms with van der Waals surface area (Å²) in [7, 11) is 4.01. The Morgan fingerprint density at radius 2 is 1.68 bits per heavy atom. The van der Waals surface area contributed by atoms with E-state index < -0.39 is 0 Å². The molecule has 6 heteroatoms. The number of carbonyl (C=O) groups is 1. The second kappa shape index (κ2) is 9.77. The van der Waals surface area contributed by atoms with Gasteiger partial charge in [-0.1, -0.05) is 56.3 Å². The Bertz CT molecular complexity index is 973. The molecule has 1 aromatic heterocycles. The van der Waals surface area contributed by atoms with Crippen molar-refractivity contribution >= 4 is 11.6 Å². The van der Waals surface area contributed by atoms with Gasteiger partial charge in [0.05, 0.1) is 0 Å². The lowest BCUT2D eigenvalue weighted by molar-refractivity contribution is -0.133. The van der Waals surface area contributed by atoms with Crippen LogP contribution in [-0.2, 0) is 17.8 Å². The molecule has 164 valence electrons. The van der Waals surface area contributed by atoms with E-state index in [9.17, 15) is 4.79 Å². The summed E-state index contributed by atoms with van der Waals surface area (Å²) in [5.74, 6) is 1.24. The molecule has 31 heavy (non-hydrogen) atoms. The van der Waals surface area contributed by atoms with E-state index in [0.29, 0.717) is 37.6 Å². The zero-order chi connectivity index (χ0) is 22.4. The highest BCUT2D eigenvalue weighted by Crippen LogP contribution is 2.22. The number of hydrogen-bond donors (Lipinski definition) is 0. The molecular formula is C25H32N4O2. The van der Waals surface area contributed by atoms with Gasteiger partial charge < -0.3 is 14.3 Å². The predicted molar refractivity (Wildman–Crippen MR) is 124 cm³/mol. The summed E-state index contributed by atoms with van der Waals surface area (Å²) >= 11 is 0. The summed E-state index contributed by atoms with van der Waals surface area (Å²) in [6.45, 7) is 7.35. The first-order valence-electron chi connectivity index (χ1n) is 10.6. The summed E-state index contributed by atoms with van der Waals surface area (Å²) in [6.07, 6.45) is 1.01. The zero-order valence-corrected chi connectivity index (χ0v) is 19.1. The topological polar surface area (TPSA) is 62.5 Å². The van der Waals surface area contributed by atoms with Gasteiger partial charge >= 0.3 is 0 Å². The first kappa shape index (κ1) is 22.5. The summed E-state index contributed by atoms with van der Waals surface area (Å²) in [5, 5.41) is 4.12. The zero-order valence-electron chi connectivity index (χ0n) is 19.1. The summed E-state index contributed by atoms with van der Waals surface area (Å²) in [4.78, 5) is 21.4. The van der Waals surface area contributed by atoms with Gasteiger partial charge in [-0.2, -0.15) is 4.98 Å². The number of nitrogens with zero attached hydrogens (tertiary/aromatic N) is 4. The van der Waals surface area contributed by atoms with Crippen molar-refractivity contribution in [2.45, 2.75) is 40.2 Å². The smallest absolute Gasteiger partial charge is 0.228 e. The van der Waals surface area contributed by atoms with Crippen LogP contribution in [0, 0.1) is 5.41 Å². The maximum Gasteiger partial charge on any atom is 0.228 e. The highest BCUT2D eigenvalue weighted by atomic mass is 16.5. The van der Waals surface area contributed by atoms with E-state index in [1.54, 1.807) is 0 Å². The fraction of sp³-hybridized carbons (Fsp3) is 0.400. The monoisotopic (exact) mass is 420 g/mol. The SMILES string of the molecule is CN(C)c1ccc(-c2noc(CCN(Cc3ccccc3)C(=O)CC(C)(C)C)n2)cc1. The average Bonchev–Trinajstić information content (AvgIpc) is 3.19. The fourth-order valence-electron chi connectivity index (χ4n) is 3.27. The molecule has 0 unspecified atom stereocenters. The molecule has 0 saturated heterocycles. The Balaban J connectivity index is 1.68. The molecule has 0 aliphatic carbocycles. The van der Waals surface area contributed by atoms with E-state index in [-0.39, 0.29) is 11.3 Å². The fourth-order valence-corrected chi connectivity index (χ4v) is 3.27. The minimum absolute atomic E-state index is 0.0671. The van der Waals surface area contributed by atoms with Gasteiger partial charge in [0, 0.05) is 51.3 Å².